The number of carbonyl (C=O) groups is 1. The van der Waals surface area contributed by atoms with E-state index in [0.29, 0.717) is 43.5 Å². The molecule has 0 saturated carbocycles. The Morgan fingerprint density at radius 2 is 1.73 bits per heavy atom. The van der Waals surface area contributed by atoms with Crippen LogP contribution in [-0.2, 0) is 0 Å². The van der Waals surface area contributed by atoms with Crippen molar-refractivity contribution in [1.82, 2.24) is 9.88 Å². The van der Waals surface area contributed by atoms with Gasteiger partial charge in [0, 0.05) is 37.8 Å². The van der Waals surface area contributed by atoms with Crippen LogP contribution >= 0.6 is 0 Å². The zero-order valence-corrected chi connectivity index (χ0v) is 16.8. The number of aryl methyl sites for hydroxylation is 1. The highest BCUT2D eigenvalue weighted by Gasteiger charge is 2.26. The van der Waals surface area contributed by atoms with Crippen molar-refractivity contribution in [3.63, 3.8) is 0 Å². The second-order valence-electron chi connectivity index (χ2n) is 7.21. The number of rotatable bonds is 4. The van der Waals surface area contributed by atoms with Gasteiger partial charge in [-0.25, -0.2) is 0 Å². The van der Waals surface area contributed by atoms with Crippen LogP contribution in [0.15, 0.2) is 59.0 Å². The molecule has 2 aromatic carbocycles. The molecule has 6 nitrogen and oxygen atoms in total. The molecule has 1 fully saturated rings. The van der Waals surface area contributed by atoms with E-state index in [4.69, 9.17) is 4.42 Å². The zero-order valence-electron chi connectivity index (χ0n) is 16.8. The lowest BCUT2D eigenvalue weighted by Gasteiger charge is -2.34. The molecule has 1 amide bonds. The van der Waals surface area contributed by atoms with Crippen molar-refractivity contribution in [3.8, 4) is 6.07 Å². The number of anilines is 1. The van der Waals surface area contributed by atoms with Gasteiger partial charge in [0.25, 0.3) is 5.91 Å². The van der Waals surface area contributed by atoms with Gasteiger partial charge in [0.1, 0.15) is 6.07 Å². The fraction of sp³-hybridized carbons (Fsp3) is 0.208. The summed E-state index contributed by atoms with van der Waals surface area (Å²) >= 11 is 0. The number of amides is 1. The van der Waals surface area contributed by atoms with Crippen LogP contribution < -0.4 is 4.90 Å². The minimum atomic E-state index is 0.0270. The predicted octanol–water partition coefficient (Wildman–Crippen LogP) is 3.99. The maximum atomic E-state index is 12.7. The molecule has 4 rings (SSSR count). The average molecular weight is 398 g/mol. The van der Waals surface area contributed by atoms with Crippen LogP contribution in [0.1, 0.15) is 33.1 Å². The fourth-order valence-electron chi connectivity index (χ4n) is 3.41. The number of hydrogen-bond donors (Lipinski definition) is 0. The van der Waals surface area contributed by atoms with Crippen LogP contribution in [0.2, 0.25) is 0 Å². The maximum Gasteiger partial charge on any atom is 0.253 e. The second kappa shape index (κ2) is 8.66. The number of nitrogens with zero attached hydrogens (tertiary/aromatic N) is 4. The molecule has 3 aromatic rings. The molecule has 1 aliphatic heterocycles. The standard InChI is InChI=1S/C24H22N4O2/c1-18-7-10-20(11-8-18)23(29)27-13-15-28(16-14-27)24-21(17-25)26-22(30-24)12-9-19-5-3-2-4-6-19/h2-12H,13-16H2,1H3/b12-9+. The van der Waals surface area contributed by atoms with Crippen LogP contribution in [0.3, 0.4) is 0 Å². The number of hydrogen-bond acceptors (Lipinski definition) is 5. The van der Waals surface area contributed by atoms with Gasteiger partial charge in [-0.2, -0.15) is 10.2 Å². The van der Waals surface area contributed by atoms with Gasteiger partial charge < -0.3 is 14.2 Å². The molecule has 1 saturated heterocycles. The molecule has 2 heterocycles. The second-order valence-corrected chi connectivity index (χ2v) is 7.21. The van der Waals surface area contributed by atoms with Gasteiger partial charge in [0.15, 0.2) is 0 Å². The van der Waals surface area contributed by atoms with Crippen LogP contribution in [0.4, 0.5) is 5.88 Å². The van der Waals surface area contributed by atoms with Gasteiger partial charge in [-0.15, -0.1) is 0 Å². The summed E-state index contributed by atoms with van der Waals surface area (Å²) in [5.41, 5.74) is 3.11. The van der Waals surface area contributed by atoms with Gasteiger partial charge in [0.2, 0.25) is 17.5 Å². The quantitative estimate of drug-likeness (QED) is 0.664. The summed E-state index contributed by atoms with van der Waals surface area (Å²) in [6.07, 6.45) is 3.66. The monoisotopic (exact) mass is 398 g/mol. The van der Waals surface area contributed by atoms with E-state index < -0.39 is 0 Å². The highest BCUT2D eigenvalue weighted by atomic mass is 16.4. The summed E-state index contributed by atoms with van der Waals surface area (Å²) in [6, 6.07) is 19.6. The van der Waals surface area contributed by atoms with Gasteiger partial charge in [-0.1, -0.05) is 48.0 Å². The lowest BCUT2D eigenvalue weighted by molar-refractivity contribution is 0.0745. The van der Waals surface area contributed by atoms with Crippen molar-refractivity contribution >= 4 is 23.9 Å². The third kappa shape index (κ3) is 4.26. The normalized spacial score (nSPS) is 14.1. The molecular formula is C24H22N4O2. The number of nitriles is 1. The predicted molar refractivity (Wildman–Crippen MR) is 116 cm³/mol. The number of benzene rings is 2. The summed E-state index contributed by atoms with van der Waals surface area (Å²) in [5, 5.41) is 9.47. The summed E-state index contributed by atoms with van der Waals surface area (Å²) in [6.45, 7) is 4.30. The molecule has 0 aliphatic carbocycles. The van der Waals surface area contributed by atoms with E-state index in [1.807, 2.05) is 77.4 Å². The zero-order chi connectivity index (χ0) is 20.9. The summed E-state index contributed by atoms with van der Waals surface area (Å²) in [7, 11) is 0. The van der Waals surface area contributed by atoms with Crippen molar-refractivity contribution in [2.45, 2.75) is 6.92 Å². The SMILES string of the molecule is Cc1ccc(C(=O)N2CCN(c3oc(/C=C/c4ccccc4)nc3C#N)CC2)cc1. The van der Waals surface area contributed by atoms with Crippen LogP contribution in [0.25, 0.3) is 12.2 Å². The highest BCUT2D eigenvalue weighted by molar-refractivity contribution is 5.94. The summed E-state index contributed by atoms with van der Waals surface area (Å²) in [4.78, 5) is 20.8. The van der Waals surface area contributed by atoms with Gasteiger partial charge in [-0.05, 0) is 30.7 Å². The number of piperazine rings is 1. The number of carbonyl (C=O) groups excluding carboxylic acids is 1. The van der Waals surface area contributed by atoms with E-state index in [-0.39, 0.29) is 11.6 Å². The first-order valence-electron chi connectivity index (χ1n) is 9.89. The highest BCUT2D eigenvalue weighted by Crippen LogP contribution is 2.24. The number of aromatic nitrogens is 1. The van der Waals surface area contributed by atoms with Crippen molar-refractivity contribution in [2.75, 3.05) is 31.1 Å². The van der Waals surface area contributed by atoms with Gasteiger partial charge >= 0.3 is 0 Å². The Hall–Kier alpha value is -3.85. The van der Waals surface area contributed by atoms with E-state index in [1.165, 1.54) is 0 Å². The molecule has 150 valence electrons. The Kier molecular flexibility index (Phi) is 5.62. The Balaban J connectivity index is 1.43. The average Bonchev–Trinajstić information content (AvgIpc) is 3.22. The van der Waals surface area contributed by atoms with Crippen LogP contribution in [0.5, 0.6) is 0 Å². The maximum absolute atomic E-state index is 12.7. The van der Waals surface area contributed by atoms with Crippen LogP contribution in [-0.4, -0.2) is 42.0 Å². The van der Waals surface area contributed by atoms with E-state index in [0.717, 1.165) is 11.1 Å². The first-order valence-corrected chi connectivity index (χ1v) is 9.89. The lowest BCUT2D eigenvalue weighted by atomic mass is 10.1. The van der Waals surface area contributed by atoms with E-state index in [9.17, 15) is 10.1 Å². The molecule has 6 heteroatoms. The third-order valence-electron chi connectivity index (χ3n) is 5.10. The molecule has 0 unspecified atom stereocenters. The largest absolute Gasteiger partial charge is 0.420 e. The molecule has 0 bridgehead atoms. The molecule has 1 aromatic heterocycles. The minimum Gasteiger partial charge on any atom is -0.420 e. The molecule has 0 spiro atoms. The van der Waals surface area contributed by atoms with Crippen molar-refractivity contribution in [2.24, 2.45) is 0 Å². The molecular weight excluding hydrogens is 376 g/mol. The molecule has 0 radical (unpaired) electrons. The Labute approximate surface area is 175 Å². The van der Waals surface area contributed by atoms with Crippen molar-refractivity contribution < 1.29 is 9.21 Å². The van der Waals surface area contributed by atoms with E-state index >= 15 is 0 Å². The third-order valence-corrected chi connectivity index (χ3v) is 5.10. The lowest BCUT2D eigenvalue weighted by Crippen LogP contribution is -2.48. The van der Waals surface area contributed by atoms with E-state index in [2.05, 4.69) is 11.1 Å². The van der Waals surface area contributed by atoms with Crippen LogP contribution in [0, 0.1) is 18.3 Å². The first kappa shape index (κ1) is 19.5. The Morgan fingerprint density at radius 3 is 2.40 bits per heavy atom. The molecule has 30 heavy (non-hydrogen) atoms. The number of oxazole rings is 1. The Morgan fingerprint density at radius 1 is 1.03 bits per heavy atom. The molecule has 0 atom stereocenters. The van der Waals surface area contributed by atoms with Gasteiger partial charge in [-0.3, -0.25) is 4.79 Å². The van der Waals surface area contributed by atoms with Crippen molar-refractivity contribution in [1.29, 1.82) is 5.26 Å². The molecule has 1 aliphatic rings. The Bertz CT molecular complexity index is 1090. The molecule has 0 N–H and O–H groups in total. The minimum absolute atomic E-state index is 0.0270. The van der Waals surface area contributed by atoms with Crippen molar-refractivity contribution in [3.05, 3.63) is 82.9 Å². The van der Waals surface area contributed by atoms with Gasteiger partial charge in [0.05, 0.1) is 0 Å². The smallest absolute Gasteiger partial charge is 0.253 e. The summed E-state index contributed by atoms with van der Waals surface area (Å²) in [5.74, 6) is 0.885. The first-order chi connectivity index (χ1) is 14.6. The fourth-order valence-corrected chi connectivity index (χ4v) is 3.41. The topological polar surface area (TPSA) is 73.4 Å². The van der Waals surface area contributed by atoms with E-state index in [1.54, 1.807) is 6.08 Å². The summed E-state index contributed by atoms with van der Waals surface area (Å²) < 4.78 is 5.86.